The predicted octanol–water partition coefficient (Wildman–Crippen LogP) is 4.64. The summed E-state index contributed by atoms with van der Waals surface area (Å²) in [7, 11) is 1.53. The van der Waals surface area contributed by atoms with Crippen molar-refractivity contribution in [1.82, 2.24) is 4.90 Å². The molecule has 2 aromatic carbocycles. The van der Waals surface area contributed by atoms with Gasteiger partial charge in [-0.25, -0.2) is 0 Å². The quantitative estimate of drug-likeness (QED) is 0.420. The number of non-ortho nitro benzene ring substituents is 1. The number of ether oxygens (including phenoxy) is 2. The number of hydrogen-bond donors (Lipinski definition) is 0. The number of methoxy groups -OCH3 is 1. The number of nitro benzene ring substituents is 1. The highest BCUT2D eigenvalue weighted by Gasteiger charge is 2.25. The first-order valence-corrected chi connectivity index (χ1v) is 11.0. The van der Waals surface area contributed by atoms with Crippen LogP contribution in [0.2, 0.25) is 5.02 Å². The second-order valence-electron chi connectivity index (χ2n) is 8.07. The van der Waals surface area contributed by atoms with E-state index in [1.807, 2.05) is 0 Å². The molecule has 0 N–H and O–H groups in total. The molecular weight excluding hydrogens is 434 g/mol. The Hall–Kier alpha value is -3.00. The van der Waals surface area contributed by atoms with Crippen LogP contribution in [0.3, 0.4) is 0 Å². The number of rotatable bonds is 8. The van der Waals surface area contributed by atoms with Crippen molar-refractivity contribution < 1.29 is 19.2 Å². The molecule has 1 heterocycles. The van der Waals surface area contributed by atoms with Crippen molar-refractivity contribution in [2.24, 2.45) is 5.92 Å². The molecule has 1 saturated heterocycles. The van der Waals surface area contributed by atoms with E-state index in [1.165, 1.54) is 19.2 Å². The molecule has 3 rings (SSSR count). The van der Waals surface area contributed by atoms with Gasteiger partial charge in [-0.05, 0) is 36.6 Å². The van der Waals surface area contributed by atoms with Gasteiger partial charge in [-0.2, -0.15) is 0 Å². The lowest BCUT2D eigenvalue weighted by Gasteiger charge is -2.36. The number of carbonyl (C=O) groups excluding carboxylic acids is 1. The Bertz CT molecular complexity index is 957. The lowest BCUT2D eigenvalue weighted by atomic mass is 10.1. The number of nitro groups is 1. The molecule has 0 spiro atoms. The first-order valence-electron chi connectivity index (χ1n) is 10.6. The third-order valence-electron chi connectivity index (χ3n) is 5.41. The van der Waals surface area contributed by atoms with E-state index in [9.17, 15) is 14.9 Å². The van der Waals surface area contributed by atoms with Crippen LogP contribution in [0.4, 0.5) is 11.4 Å². The molecule has 0 aromatic heterocycles. The summed E-state index contributed by atoms with van der Waals surface area (Å²) in [5.74, 6) is 1.27. The summed E-state index contributed by atoms with van der Waals surface area (Å²) in [5, 5.41) is 11.2. The van der Waals surface area contributed by atoms with Gasteiger partial charge in [0.25, 0.3) is 11.6 Å². The van der Waals surface area contributed by atoms with Crippen molar-refractivity contribution in [2.75, 3.05) is 44.8 Å². The predicted molar refractivity (Wildman–Crippen MR) is 124 cm³/mol. The Kier molecular flexibility index (Phi) is 7.80. The smallest absolute Gasteiger partial charge is 0.269 e. The van der Waals surface area contributed by atoms with Crippen molar-refractivity contribution in [3.8, 4) is 11.5 Å². The highest BCUT2D eigenvalue weighted by atomic mass is 35.5. The van der Waals surface area contributed by atoms with E-state index < -0.39 is 4.92 Å². The second-order valence-corrected chi connectivity index (χ2v) is 8.48. The maximum Gasteiger partial charge on any atom is 0.269 e. The molecule has 9 heteroatoms. The summed E-state index contributed by atoms with van der Waals surface area (Å²) in [4.78, 5) is 27.4. The third-order valence-corrected chi connectivity index (χ3v) is 5.69. The van der Waals surface area contributed by atoms with Crippen LogP contribution in [0.15, 0.2) is 36.4 Å². The average molecular weight is 462 g/mol. The Morgan fingerprint density at radius 2 is 1.81 bits per heavy atom. The number of amides is 1. The van der Waals surface area contributed by atoms with Gasteiger partial charge in [-0.1, -0.05) is 25.4 Å². The third kappa shape index (κ3) is 5.62. The molecule has 1 amide bonds. The standard InChI is InChI=1S/C23H28ClN3O5/c1-16(2)8-13-32-22-20(24)14-17(15-21(22)31-3)23(28)26-11-9-25(10-12-26)18-4-6-19(7-5-18)27(29)30/h4-7,14-16H,8-13H2,1-3H3. The first kappa shape index (κ1) is 23.7. The van der Waals surface area contributed by atoms with Crippen LogP contribution < -0.4 is 14.4 Å². The number of nitrogens with zero attached hydrogens (tertiary/aromatic N) is 3. The SMILES string of the molecule is COc1cc(C(=O)N2CCN(c3ccc([N+](=O)[O-])cc3)CC2)cc(Cl)c1OCCC(C)C. The van der Waals surface area contributed by atoms with Crippen molar-refractivity contribution in [2.45, 2.75) is 20.3 Å². The minimum Gasteiger partial charge on any atom is -0.493 e. The number of benzene rings is 2. The van der Waals surface area contributed by atoms with Crippen LogP contribution in [0, 0.1) is 16.0 Å². The Labute approximate surface area is 192 Å². The van der Waals surface area contributed by atoms with E-state index in [2.05, 4.69) is 18.7 Å². The van der Waals surface area contributed by atoms with Gasteiger partial charge in [0.2, 0.25) is 0 Å². The topological polar surface area (TPSA) is 85.2 Å². The Morgan fingerprint density at radius 1 is 1.16 bits per heavy atom. The lowest BCUT2D eigenvalue weighted by molar-refractivity contribution is -0.384. The monoisotopic (exact) mass is 461 g/mol. The van der Waals surface area contributed by atoms with E-state index in [-0.39, 0.29) is 11.6 Å². The van der Waals surface area contributed by atoms with Crippen molar-refractivity contribution in [3.05, 3.63) is 57.1 Å². The largest absolute Gasteiger partial charge is 0.493 e. The van der Waals surface area contributed by atoms with Crippen LogP contribution in [0.1, 0.15) is 30.6 Å². The molecule has 8 nitrogen and oxygen atoms in total. The van der Waals surface area contributed by atoms with Gasteiger partial charge in [0.15, 0.2) is 11.5 Å². The normalized spacial score (nSPS) is 13.9. The maximum absolute atomic E-state index is 13.1. The average Bonchev–Trinajstić information content (AvgIpc) is 2.79. The molecule has 0 aliphatic carbocycles. The second kappa shape index (κ2) is 10.5. The van der Waals surface area contributed by atoms with E-state index in [4.69, 9.17) is 21.1 Å². The minimum atomic E-state index is -0.416. The zero-order chi connectivity index (χ0) is 23.3. The van der Waals surface area contributed by atoms with Crippen molar-refractivity contribution in [1.29, 1.82) is 0 Å². The van der Waals surface area contributed by atoms with E-state index in [1.54, 1.807) is 29.2 Å². The fourth-order valence-corrected chi connectivity index (χ4v) is 3.78. The Morgan fingerprint density at radius 3 is 2.38 bits per heavy atom. The summed E-state index contributed by atoms with van der Waals surface area (Å²) in [6.07, 6.45) is 0.888. The molecule has 2 aromatic rings. The number of hydrogen-bond acceptors (Lipinski definition) is 6. The molecule has 0 bridgehead atoms. The maximum atomic E-state index is 13.1. The van der Waals surface area contributed by atoms with Gasteiger partial charge in [0.05, 0.1) is 23.7 Å². The summed E-state index contributed by atoms with van der Waals surface area (Å²) in [6, 6.07) is 9.75. The molecule has 1 fully saturated rings. The molecule has 32 heavy (non-hydrogen) atoms. The zero-order valence-corrected chi connectivity index (χ0v) is 19.3. The van der Waals surface area contributed by atoms with Gasteiger partial charge < -0.3 is 19.3 Å². The van der Waals surface area contributed by atoms with Crippen LogP contribution >= 0.6 is 11.6 Å². The highest BCUT2D eigenvalue weighted by Crippen LogP contribution is 2.37. The molecule has 0 radical (unpaired) electrons. The van der Waals surface area contributed by atoms with E-state index >= 15 is 0 Å². The molecule has 0 unspecified atom stereocenters. The van der Waals surface area contributed by atoms with Gasteiger partial charge in [-0.15, -0.1) is 0 Å². The van der Waals surface area contributed by atoms with E-state index in [0.29, 0.717) is 60.8 Å². The molecule has 0 atom stereocenters. The summed E-state index contributed by atoms with van der Waals surface area (Å²) in [5.41, 5.74) is 1.41. The summed E-state index contributed by atoms with van der Waals surface area (Å²) in [6.45, 7) is 7.07. The first-order chi connectivity index (χ1) is 15.3. The lowest BCUT2D eigenvalue weighted by Crippen LogP contribution is -2.48. The van der Waals surface area contributed by atoms with Gasteiger partial charge >= 0.3 is 0 Å². The van der Waals surface area contributed by atoms with Gasteiger partial charge in [-0.3, -0.25) is 14.9 Å². The fraction of sp³-hybridized carbons (Fsp3) is 0.435. The molecule has 172 valence electrons. The van der Waals surface area contributed by atoms with Crippen LogP contribution in [-0.4, -0.2) is 55.6 Å². The van der Waals surface area contributed by atoms with Crippen LogP contribution in [-0.2, 0) is 0 Å². The van der Waals surface area contributed by atoms with Gasteiger partial charge in [0, 0.05) is 49.6 Å². The molecular formula is C23H28ClN3O5. The Balaban J connectivity index is 1.65. The van der Waals surface area contributed by atoms with Gasteiger partial charge in [0.1, 0.15) is 0 Å². The fourth-order valence-electron chi connectivity index (χ4n) is 3.52. The number of halogens is 1. The van der Waals surface area contributed by atoms with Crippen LogP contribution in [0.25, 0.3) is 0 Å². The molecule has 0 saturated carbocycles. The van der Waals surface area contributed by atoms with E-state index in [0.717, 1.165) is 12.1 Å². The highest BCUT2D eigenvalue weighted by molar-refractivity contribution is 6.32. The van der Waals surface area contributed by atoms with Crippen molar-refractivity contribution in [3.63, 3.8) is 0 Å². The molecule has 1 aliphatic heterocycles. The number of anilines is 1. The minimum absolute atomic E-state index is 0.0602. The summed E-state index contributed by atoms with van der Waals surface area (Å²) < 4.78 is 11.2. The number of piperazine rings is 1. The van der Waals surface area contributed by atoms with Crippen molar-refractivity contribution >= 4 is 28.9 Å². The summed E-state index contributed by atoms with van der Waals surface area (Å²) >= 11 is 6.42. The zero-order valence-electron chi connectivity index (χ0n) is 18.5. The molecule has 1 aliphatic rings. The van der Waals surface area contributed by atoms with Crippen LogP contribution in [0.5, 0.6) is 11.5 Å². The number of carbonyl (C=O) groups is 1.